The predicted octanol–water partition coefficient (Wildman–Crippen LogP) is 3.04. The van der Waals surface area contributed by atoms with E-state index in [0.29, 0.717) is 5.69 Å². The van der Waals surface area contributed by atoms with E-state index in [2.05, 4.69) is 4.85 Å². The number of aliphatic hydroxyl groups is 1. The van der Waals surface area contributed by atoms with Crippen LogP contribution in [-0.2, 0) is 4.79 Å². The van der Waals surface area contributed by atoms with Gasteiger partial charge in [-0.2, -0.15) is 0 Å². The summed E-state index contributed by atoms with van der Waals surface area (Å²) in [6.07, 6.45) is 3.34. The van der Waals surface area contributed by atoms with Crippen LogP contribution in [0.25, 0.3) is 10.4 Å². The van der Waals surface area contributed by atoms with E-state index >= 15 is 0 Å². The molecular formula is C13H9NO2. The first kappa shape index (κ1) is 10.2. The summed E-state index contributed by atoms with van der Waals surface area (Å²) in [5.41, 5.74) is 2.34. The highest BCUT2D eigenvalue weighted by molar-refractivity contribution is 6.02. The van der Waals surface area contributed by atoms with E-state index in [1.54, 1.807) is 18.2 Å². The predicted molar refractivity (Wildman–Crippen MR) is 61.0 cm³/mol. The van der Waals surface area contributed by atoms with E-state index in [1.165, 1.54) is 6.08 Å². The maximum atomic E-state index is 11.3. The van der Waals surface area contributed by atoms with Gasteiger partial charge in [-0.1, -0.05) is 30.3 Å². The molecule has 78 valence electrons. The summed E-state index contributed by atoms with van der Waals surface area (Å²) in [7, 11) is 0. The summed E-state index contributed by atoms with van der Waals surface area (Å²) in [5.74, 6) is -0.465. The number of rotatable bonds is 1. The van der Waals surface area contributed by atoms with Gasteiger partial charge in [0.25, 0.3) is 0 Å². The topological polar surface area (TPSA) is 41.7 Å². The van der Waals surface area contributed by atoms with E-state index in [4.69, 9.17) is 11.7 Å². The van der Waals surface area contributed by atoms with Crippen molar-refractivity contribution < 1.29 is 9.90 Å². The molecule has 0 atom stereocenters. The van der Waals surface area contributed by atoms with Gasteiger partial charge < -0.3 is 5.11 Å². The zero-order valence-corrected chi connectivity index (χ0v) is 8.47. The van der Waals surface area contributed by atoms with Crippen LogP contribution in [0.4, 0.5) is 5.69 Å². The van der Waals surface area contributed by atoms with Gasteiger partial charge in [-0.05, 0) is 17.2 Å². The fourth-order valence-electron chi connectivity index (χ4n) is 1.54. The average molecular weight is 211 g/mol. The van der Waals surface area contributed by atoms with Gasteiger partial charge in [-0.15, -0.1) is 0 Å². The molecule has 0 bridgehead atoms. The summed E-state index contributed by atoms with van der Waals surface area (Å²) >= 11 is 0. The van der Waals surface area contributed by atoms with Gasteiger partial charge in [0.05, 0.1) is 6.57 Å². The average Bonchev–Trinajstić information content (AvgIpc) is 2.33. The molecule has 1 aliphatic carbocycles. The highest BCUT2D eigenvalue weighted by atomic mass is 16.3. The summed E-state index contributed by atoms with van der Waals surface area (Å²) in [5, 5.41) is 9.15. The van der Waals surface area contributed by atoms with Crippen molar-refractivity contribution in [2.75, 3.05) is 0 Å². The Morgan fingerprint density at radius 3 is 2.44 bits per heavy atom. The van der Waals surface area contributed by atoms with Crippen LogP contribution in [0.1, 0.15) is 12.0 Å². The van der Waals surface area contributed by atoms with Gasteiger partial charge >= 0.3 is 0 Å². The Bertz CT molecular complexity index is 530. The fraction of sp³-hybridized carbons (Fsp3) is 0.0769. The smallest absolute Gasteiger partial charge is 0.201 e. The summed E-state index contributed by atoms with van der Waals surface area (Å²) in [6.45, 7) is 6.83. The highest BCUT2D eigenvalue weighted by Gasteiger charge is 2.15. The van der Waals surface area contributed by atoms with Crippen molar-refractivity contribution in [3.8, 4) is 0 Å². The molecule has 3 nitrogen and oxygen atoms in total. The maximum Gasteiger partial charge on any atom is 0.201 e. The van der Waals surface area contributed by atoms with Crippen LogP contribution in [0.3, 0.4) is 0 Å². The molecule has 0 fully saturated rings. The van der Waals surface area contributed by atoms with Crippen molar-refractivity contribution in [2.45, 2.75) is 6.42 Å². The van der Waals surface area contributed by atoms with E-state index in [9.17, 15) is 4.79 Å². The second-order valence-corrected chi connectivity index (χ2v) is 3.50. The van der Waals surface area contributed by atoms with Gasteiger partial charge in [0, 0.05) is 6.42 Å². The number of hydrogen-bond donors (Lipinski definition) is 1. The van der Waals surface area contributed by atoms with Crippen LogP contribution in [-0.4, -0.2) is 10.9 Å². The molecule has 0 saturated carbocycles. The second kappa shape index (κ2) is 4.03. The molecule has 1 aromatic rings. The number of aliphatic hydroxyl groups excluding tert-OH is 1. The number of ketones is 1. The van der Waals surface area contributed by atoms with E-state index < -0.39 is 0 Å². The van der Waals surface area contributed by atoms with Gasteiger partial charge in [-0.25, -0.2) is 4.85 Å². The Labute approximate surface area is 93.2 Å². The maximum absolute atomic E-state index is 11.3. The molecule has 0 spiro atoms. The lowest BCUT2D eigenvalue weighted by atomic mass is 9.96. The molecule has 3 heteroatoms. The molecule has 0 heterocycles. The van der Waals surface area contributed by atoms with Gasteiger partial charge in [0.1, 0.15) is 0 Å². The van der Waals surface area contributed by atoms with Crippen molar-refractivity contribution >= 4 is 17.0 Å². The number of nitrogens with zero attached hydrogens (tertiary/aromatic N) is 1. The highest BCUT2D eigenvalue weighted by Crippen LogP contribution is 2.25. The number of Topliss-reactive ketones (excluding diaryl/α,β-unsaturated/α-hetero) is 1. The minimum atomic E-state index is -0.272. The van der Waals surface area contributed by atoms with Crippen LogP contribution in [0.15, 0.2) is 42.2 Å². The van der Waals surface area contributed by atoms with Gasteiger partial charge in [0.2, 0.25) is 5.78 Å². The first-order valence-electron chi connectivity index (χ1n) is 4.81. The molecule has 1 aliphatic rings. The minimum absolute atomic E-state index is 0.193. The van der Waals surface area contributed by atoms with Crippen molar-refractivity contribution in [3.63, 3.8) is 0 Å². The number of hydrogen-bond acceptors (Lipinski definition) is 2. The molecule has 0 amide bonds. The normalized spacial score (nSPS) is 15.1. The van der Waals surface area contributed by atoms with Crippen molar-refractivity contribution in [2.24, 2.45) is 0 Å². The third-order valence-corrected chi connectivity index (χ3v) is 2.45. The quantitative estimate of drug-likeness (QED) is 0.725. The largest absolute Gasteiger partial charge is 0.504 e. The molecule has 2 rings (SSSR count). The Morgan fingerprint density at radius 1 is 1.19 bits per heavy atom. The SMILES string of the molecule is [C-]#[N+]c1ccc(C2=CC=C(O)C(=O)C2)cc1. The molecule has 0 aliphatic heterocycles. The second-order valence-electron chi connectivity index (χ2n) is 3.50. The van der Waals surface area contributed by atoms with E-state index in [-0.39, 0.29) is 18.0 Å². The Morgan fingerprint density at radius 2 is 1.88 bits per heavy atom. The molecule has 0 unspecified atom stereocenters. The van der Waals surface area contributed by atoms with Crippen LogP contribution in [0, 0.1) is 6.57 Å². The third-order valence-electron chi connectivity index (χ3n) is 2.45. The molecule has 16 heavy (non-hydrogen) atoms. The molecule has 0 saturated heterocycles. The standard InChI is InChI=1S/C13H9NO2/c1-14-11-5-2-9(3-6-11)10-4-7-12(15)13(16)8-10/h2-7,15H,8H2. The zero-order chi connectivity index (χ0) is 11.5. The van der Waals surface area contributed by atoms with Crippen LogP contribution >= 0.6 is 0 Å². The van der Waals surface area contributed by atoms with E-state index in [1.807, 2.05) is 12.1 Å². The summed E-state index contributed by atoms with van der Waals surface area (Å²) in [4.78, 5) is 14.6. The number of benzene rings is 1. The molecule has 1 aromatic carbocycles. The third kappa shape index (κ3) is 1.86. The molecular weight excluding hydrogens is 202 g/mol. The number of carbonyl (C=O) groups excluding carboxylic acids is 1. The lowest BCUT2D eigenvalue weighted by molar-refractivity contribution is -0.117. The van der Waals surface area contributed by atoms with Crippen molar-refractivity contribution in [3.05, 3.63) is 59.2 Å². The van der Waals surface area contributed by atoms with Crippen molar-refractivity contribution in [1.29, 1.82) is 0 Å². The molecule has 0 radical (unpaired) electrons. The minimum Gasteiger partial charge on any atom is -0.504 e. The number of carbonyl (C=O) groups is 1. The van der Waals surface area contributed by atoms with Crippen LogP contribution < -0.4 is 0 Å². The van der Waals surface area contributed by atoms with Crippen molar-refractivity contribution in [1.82, 2.24) is 0 Å². The van der Waals surface area contributed by atoms with Gasteiger partial charge in [0.15, 0.2) is 11.4 Å². The number of allylic oxidation sites excluding steroid dienone is 4. The van der Waals surface area contributed by atoms with Gasteiger partial charge in [-0.3, -0.25) is 4.79 Å². The monoisotopic (exact) mass is 211 g/mol. The summed E-state index contributed by atoms with van der Waals surface area (Å²) in [6, 6.07) is 7.04. The molecule has 0 aromatic heterocycles. The first-order valence-corrected chi connectivity index (χ1v) is 4.81. The Balaban J connectivity index is 2.32. The fourth-order valence-corrected chi connectivity index (χ4v) is 1.54. The Hall–Kier alpha value is -2.34. The van der Waals surface area contributed by atoms with Crippen LogP contribution in [0.2, 0.25) is 0 Å². The lowest BCUT2D eigenvalue weighted by Crippen LogP contribution is -2.06. The first-order chi connectivity index (χ1) is 7.70. The van der Waals surface area contributed by atoms with E-state index in [0.717, 1.165) is 11.1 Å². The lowest BCUT2D eigenvalue weighted by Gasteiger charge is -2.10. The Kier molecular flexibility index (Phi) is 2.57. The summed E-state index contributed by atoms with van der Waals surface area (Å²) < 4.78 is 0. The molecule has 1 N–H and O–H groups in total. The van der Waals surface area contributed by atoms with Crippen LogP contribution in [0.5, 0.6) is 0 Å². The zero-order valence-electron chi connectivity index (χ0n) is 8.47.